The molecule has 0 aromatic carbocycles. The number of amides is 1. The average molecular weight is 342 g/mol. The number of methoxy groups -OCH3 is 1. The lowest BCUT2D eigenvalue weighted by Crippen LogP contribution is -2.31. The first-order valence-corrected chi connectivity index (χ1v) is 8.52. The minimum atomic E-state index is -0.284. The lowest BCUT2D eigenvalue weighted by molar-refractivity contribution is 0.0948. The largest absolute Gasteiger partial charge is 0.480 e. The summed E-state index contributed by atoms with van der Waals surface area (Å²) in [4.78, 5) is 32.8. The first kappa shape index (κ1) is 17.1. The molecular weight excluding hydrogens is 320 g/mol. The van der Waals surface area contributed by atoms with Gasteiger partial charge >= 0.3 is 0 Å². The Kier molecular flexibility index (Phi) is 5.42. The maximum atomic E-state index is 12.2. The molecule has 1 aliphatic carbocycles. The Morgan fingerprint density at radius 1 is 1.36 bits per heavy atom. The molecule has 0 bridgehead atoms. The van der Waals surface area contributed by atoms with E-state index in [4.69, 9.17) is 4.74 Å². The van der Waals surface area contributed by atoms with Gasteiger partial charge in [-0.2, -0.15) is 0 Å². The van der Waals surface area contributed by atoms with Crippen molar-refractivity contribution in [2.24, 2.45) is 0 Å². The van der Waals surface area contributed by atoms with Crippen LogP contribution >= 0.6 is 0 Å². The second kappa shape index (κ2) is 7.92. The van der Waals surface area contributed by atoms with Gasteiger partial charge in [0.05, 0.1) is 19.1 Å². The maximum absolute atomic E-state index is 12.2. The molecule has 0 radical (unpaired) electrons. The standard InChI is InChI=1S/C18H22N4O3/c1-25-18-14(7-4-8-20-18)17(24)19-9-10-22-12-21-15(11-16(22)23)13-5-2-3-6-13/h4,7-8,11-13H,2-3,5-6,9-10H2,1H3,(H,19,24). The van der Waals surface area contributed by atoms with E-state index in [9.17, 15) is 9.59 Å². The van der Waals surface area contributed by atoms with E-state index in [0.717, 1.165) is 18.5 Å². The van der Waals surface area contributed by atoms with Gasteiger partial charge in [0.1, 0.15) is 5.56 Å². The van der Waals surface area contributed by atoms with E-state index in [1.807, 2.05) is 0 Å². The fourth-order valence-electron chi connectivity index (χ4n) is 3.16. The third-order valence-corrected chi connectivity index (χ3v) is 4.52. The molecule has 2 aromatic heterocycles. The van der Waals surface area contributed by atoms with E-state index in [0.29, 0.717) is 24.6 Å². The Morgan fingerprint density at radius 3 is 2.88 bits per heavy atom. The number of hydrogen-bond acceptors (Lipinski definition) is 5. The van der Waals surface area contributed by atoms with Gasteiger partial charge in [0.15, 0.2) is 0 Å². The summed E-state index contributed by atoms with van der Waals surface area (Å²) in [6.45, 7) is 0.687. The molecule has 3 rings (SSSR count). The van der Waals surface area contributed by atoms with Crippen LogP contribution in [0.4, 0.5) is 0 Å². The molecule has 0 unspecified atom stereocenters. The van der Waals surface area contributed by atoms with Gasteiger partial charge in [0.25, 0.3) is 11.5 Å². The van der Waals surface area contributed by atoms with Gasteiger partial charge in [-0.1, -0.05) is 12.8 Å². The minimum absolute atomic E-state index is 0.0786. The van der Waals surface area contributed by atoms with Crippen molar-refractivity contribution in [3.05, 3.63) is 52.3 Å². The van der Waals surface area contributed by atoms with Gasteiger partial charge in [-0.3, -0.25) is 14.2 Å². The second-order valence-corrected chi connectivity index (χ2v) is 6.14. The van der Waals surface area contributed by atoms with Crippen LogP contribution in [0.1, 0.15) is 47.7 Å². The summed E-state index contributed by atoms with van der Waals surface area (Å²) in [6.07, 6.45) is 7.77. The first-order chi connectivity index (χ1) is 12.2. The molecule has 0 spiro atoms. The van der Waals surface area contributed by atoms with Crippen molar-refractivity contribution in [1.29, 1.82) is 0 Å². The summed E-state index contributed by atoms with van der Waals surface area (Å²) in [5.41, 5.74) is 1.18. The van der Waals surface area contributed by atoms with E-state index in [-0.39, 0.29) is 17.3 Å². The normalized spacial score (nSPS) is 14.4. The molecule has 0 saturated heterocycles. The molecule has 1 fully saturated rings. The topological polar surface area (TPSA) is 86.1 Å². The quantitative estimate of drug-likeness (QED) is 0.864. The van der Waals surface area contributed by atoms with Crippen LogP contribution in [-0.2, 0) is 6.54 Å². The maximum Gasteiger partial charge on any atom is 0.256 e. The first-order valence-electron chi connectivity index (χ1n) is 8.52. The predicted molar refractivity (Wildman–Crippen MR) is 92.8 cm³/mol. The average Bonchev–Trinajstić information content (AvgIpc) is 3.17. The number of carbonyl (C=O) groups excluding carboxylic acids is 1. The minimum Gasteiger partial charge on any atom is -0.480 e. The summed E-state index contributed by atoms with van der Waals surface area (Å²) >= 11 is 0. The SMILES string of the molecule is COc1ncccc1C(=O)NCCn1cnc(C2CCCC2)cc1=O. The van der Waals surface area contributed by atoms with E-state index in [2.05, 4.69) is 15.3 Å². The van der Waals surface area contributed by atoms with Gasteiger partial charge in [0.2, 0.25) is 5.88 Å². The number of rotatable bonds is 6. The molecule has 2 heterocycles. The third-order valence-electron chi connectivity index (χ3n) is 4.52. The third kappa shape index (κ3) is 4.04. The van der Waals surface area contributed by atoms with Crippen molar-refractivity contribution in [1.82, 2.24) is 19.9 Å². The zero-order valence-corrected chi connectivity index (χ0v) is 14.3. The van der Waals surface area contributed by atoms with Crippen LogP contribution in [-0.4, -0.2) is 34.1 Å². The summed E-state index contributed by atoms with van der Waals surface area (Å²) in [6, 6.07) is 4.95. The lowest BCUT2D eigenvalue weighted by Gasteiger charge is -2.11. The molecule has 25 heavy (non-hydrogen) atoms. The smallest absolute Gasteiger partial charge is 0.256 e. The molecule has 0 aliphatic heterocycles. The zero-order valence-electron chi connectivity index (χ0n) is 14.3. The Labute approximate surface area is 146 Å². The van der Waals surface area contributed by atoms with Crippen LogP contribution < -0.4 is 15.6 Å². The monoisotopic (exact) mass is 342 g/mol. The highest BCUT2D eigenvalue weighted by molar-refractivity contribution is 5.96. The van der Waals surface area contributed by atoms with Crippen LogP contribution in [0.15, 0.2) is 35.5 Å². The van der Waals surface area contributed by atoms with Gasteiger partial charge in [-0.25, -0.2) is 9.97 Å². The molecule has 1 aliphatic rings. The van der Waals surface area contributed by atoms with E-state index >= 15 is 0 Å². The summed E-state index contributed by atoms with van der Waals surface area (Å²) in [5.74, 6) is 0.411. The van der Waals surface area contributed by atoms with Crippen LogP contribution in [0, 0.1) is 0 Å². The summed E-state index contributed by atoms with van der Waals surface area (Å²) in [7, 11) is 1.47. The number of aromatic nitrogens is 3. The lowest BCUT2D eigenvalue weighted by atomic mass is 10.0. The molecule has 7 heteroatoms. The highest BCUT2D eigenvalue weighted by atomic mass is 16.5. The number of nitrogens with one attached hydrogen (secondary N) is 1. The van der Waals surface area contributed by atoms with Crippen molar-refractivity contribution in [3.63, 3.8) is 0 Å². The molecule has 1 N–H and O–H groups in total. The molecule has 7 nitrogen and oxygen atoms in total. The molecule has 1 amide bonds. The Bertz CT molecular complexity index is 797. The number of ether oxygens (including phenoxy) is 1. The van der Waals surface area contributed by atoms with E-state index in [1.54, 1.807) is 30.7 Å². The number of carbonyl (C=O) groups is 1. The molecular formula is C18H22N4O3. The van der Waals surface area contributed by atoms with Crippen molar-refractivity contribution in [3.8, 4) is 5.88 Å². The fourth-order valence-corrected chi connectivity index (χ4v) is 3.16. The molecule has 2 aromatic rings. The highest BCUT2D eigenvalue weighted by Gasteiger charge is 2.19. The molecule has 0 atom stereocenters. The number of nitrogens with zero attached hydrogens (tertiary/aromatic N) is 3. The van der Waals surface area contributed by atoms with Crippen LogP contribution in [0.25, 0.3) is 0 Å². The van der Waals surface area contributed by atoms with E-state index in [1.165, 1.54) is 24.5 Å². The van der Waals surface area contributed by atoms with Gasteiger partial charge in [-0.05, 0) is 25.0 Å². The van der Waals surface area contributed by atoms with Crippen molar-refractivity contribution in [2.75, 3.05) is 13.7 Å². The van der Waals surface area contributed by atoms with Gasteiger partial charge < -0.3 is 10.1 Å². The van der Waals surface area contributed by atoms with E-state index < -0.39 is 0 Å². The Morgan fingerprint density at radius 2 is 2.16 bits per heavy atom. The van der Waals surface area contributed by atoms with Crippen LogP contribution in [0.2, 0.25) is 0 Å². The van der Waals surface area contributed by atoms with Crippen molar-refractivity contribution in [2.45, 2.75) is 38.1 Å². The second-order valence-electron chi connectivity index (χ2n) is 6.14. The Hall–Kier alpha value is -2.70. The van der Waals surface area contributed by atoms with Crippen LogP contribution in [0.5, 0.6) is 5.88 Å². The highest BCUT2D eigenvalue weighted by Crippen LogP contribution is 2.32. The Balaban J connectivity index is 1.58. The van der Waals surface area contributed by atoms with Crippen LogP contribution in [0.3, 0.4) is 0 Å². The van der Waals surface area contributed by atoms with Crippen molar-refractivity contribution < 1.29 is 9.53 Å². The van der Waals surface area contributed by atoms with Gasteiger partial charge in [-0.15, -0.1) is 0 Å². The summed E-state index contributed by atoms with van der Waals surface area (Å²) in [5, 5.41) is 2.77. The van der Waals surface area contributed by atoms with Gasteiger partial charge in [0, 0.05) is 31.3 Å². The zero-order chi connectivity index (χ0) is 17.6. The fraction of sp³-hybridized carbons (Fsp3) is 0.444. The number of pyridine rings is 1. The number of hydrogen-bond donors (Lipinski definition) is 1. The molecule has 132 valence electrons. The van der Waals surface area contributed by atoms with Crippen molar-refractivity contribution >= 4 is 5.91 Å². The predicted octanol–water partition coefficient (Wildman–Crippen LogP) is 1.73. The molecule has 1 saturated carbocycles. The summed E-state index contributed by atoms with van der Waals surface area (Å²) < 4.78 is 6.59.